The van der Waals surface area contributed by atoms with Crippen LogP contribution in [0, 0.1) is 13.8 Å². The molecule has 13 nitrogen and oxygen atoms in total. The predicted octanol–water partition coefficient (Wildman–Crippen LogP) is 4.04. The molecule has 3 aliphatic rings. The first-order valence-corrected chi connectivity index (χ1v) is 17.8. The number of hydrogen-bond acceptors (Lipinski definition) is 10. The maximum atomic E-state index is 16.5. The highest BCUT2D eigenvalue weighted by molar-refractivity contribution is 6.58. The van der Waals surface area contributed by atoms with Crippen molar-refractivity contribution in [1.29, 1.82) is 0 Å². The van der Waals surface area contributed by atoms with Gasteiger partial charge >= 0.3 is 6.97 Å². The summed E-state index contributed by atoms with van der Waals surface area (Å²) in [5.74, 6) is 0.599. The Hall–Kier alpha value is -3.93. The fraction of sp³-hybridized carbons (Fsp3) is 0.528. The molecule has 282 valence electrons. The molecule has 0 radical (unpaired) electrons. The van der Waals surface area contributed by atoms with Gasteiger partial charge in [0.25, 0.3) is 0 Å². The molecule has 3 aliphatic heterocycles. The number of aromatic nitrogens is 4. The zero-order chi connectivity index (χ0) is 36.7. The average Bonchev–Trinajstić information content (AvgIpc) is 3.83. The molecule has 1 fully saturated rings. The van der Waals surface area contributed by atoms with Crippen molar-refractivity contribution in [3.8, 4) is 11.4 Å². The van der Waals surface area contributed by atoms with Crippen molar-refractivity contribution in [2.75, 3.05) is 104 Å². The van der Waals surface area contributed by atoms with Gasteiger partial charge in [-0.05, 0) is 57.2 Å². The van der Waals surface area contributed by atoms with Crippen LogP contribution in [0.4, 0.5) is 14.3 Å². The Kier molecular flexibility index (Phi) is 12.6. The Morgan fingerprint density at radius 1 is 0.827 bits per heavy atom. The molecule has 0 bridgehead atoms. The van der Waals surface area contributed by atoms with Crippen molar-refractivity contribution in [1.82, 2.24) is 19.5 Å². The smallest absolute Gasteiger partial charge is 0.489 e. The van der Waals surface area contributed by atoms with Gasteiger partial charge in [-0.15, -0.1) is 5.10 Å². The molecule has 0 unspecified atom stereocenters. The molecule has 0 amide bonds. The number of methoxy groups -OCH3 is 1. The molecule has 3 aromatic rings. The van der Waals surface area contributed by atoms with E-state index >= 15 is 8.63 Å². The van der Waals surface area contributed by atoms with Gasteiger partial charge in [0.15, 0.2) is 17.1 Å². The third-order valence-corrected chi connectivity index (χ3v) is 9.33. The lowest BCUT2D eigenvalue weighted by atomic mass is 9.86. The van der Waals surface area contributed by atoms with Crippen LogP contribution < -0.4 is 9.64 Å². The van der Waals surface area contributed by atoms with Crippen molar-refractivity contribution in [2.45, 2.75) is 27.7 Å². The zero-order valence-corrected chi connectivity index (χ0v) is 30.7. The number of benzene rings is 1. The quantitative estimate of drug-likeness (QED) is 0.262. The normalized spacial score (nSPS) is 19.6. The number of aryl methyl sites for hydroxylation is 2. The Morgan fingerprint density at radius 2 is 1.44 bits per heavy atom. The van der Waals surface area contributed by atoms with E-state index in [4.69, 9.17) is 33.2 Å². The highest BCUT2D eigenvalue weighted by atomic mass is 19.2. The second kappa shape index (κ2) is 17.3. The summed E-state index contributed by atoms with van der Waals surface area (Å²) >= 11 is 0. The lowest BCUT2D eigenvalue weighted by molar-refractivity contribution is -0.362. The second-order valence-corrected chi connectivity index (χ2v) is 12.9. The number of allylic oxidation sites excluding steroid dienone is 3. The van der Waals surface area contributed by atoms with E-state index in [-0.39, 0.29) is 0 Å². The summed E-state index contributed by atoms with van der Waals surface area (Å²) in [6.45, 7) is 9.80. The van der Waals surface area contributed by atoms with E-state index in [1.54, 1.807) is 31.0 Å². The molecule has 52 heavy (non-hydrogen) atoms. The topological polar surface area (TPSA) is 107 Å². The van der Waals surface area contributed by atoms with Crippen LogP contribution in [0.1, 0.15) is 36.5 Å². The number of rotatable bonds is 7. The van der Waals surface area contributed by atoms with Crippen LogP contribution in [-0.4, -0.2) is 136 Å². The average molecular weight is 727 g/mol. The summed E-state index contributed by atoms with van der Waals surface area (Å²) in [5, 5.41) is 8.77. The standard InChI is InChI=1S/C36H49BF2N6O7/c1-26-22-28(3)44-35(26)29(4)36-27(2)23-33(45(36)37(44,38)39)31-25-43(41-40-31)30-6-7-32(34(24-30)52-21-12-46-5)42-8-10-47-13-15-49-17-19-51-20-18-50-16-14-48-11-9-42/h6-7,22-25H,8-21H2,1-5H3. The van der Waals surface area contributed by atoms with Crippen molar-refractivity contribution < 1.29 is 46.3 Å². The van der Waals surface area contributed by atoms with Crippen molar-refractivity contribution in [2.24, 2.45) is 0 Å². The minimum absolute atomic E-state index is 0.306. The van der Waals surface area contributed by atoms with E-state index < -0.39 is 6.97 Å². The van der Waals surface area contributed by atoms with Gasteiger partial charge in [0.2, 0.25) is 0 Å². The third-order valence-electron chi connectivity index (χ3n) is 9.33. The van der Waals surface area contributed by atoms with E-state index in [0.717, 1.165) is 26.9 Å². The van der Waals surface area contributed by atoms with E-state index in [9.17, 15) is 0 Å². The molecule has 1 saturated heterocycles. The first kappa shape index (κ1) is 37.8. The van der Waals surface area contributed by atoms with Crippen LogP contribution in [0.3, 0.4) is 0 Å². The van der Waals surface area contributed by atoms with Crippen LogP contribution in [0.5, 0.6) is 5.75 Å². The Morgan fingerprint density at radius 3 is 2.06 bits per heavy atom. The molecule has 1 aromatic carbocycles. The summed E-state index contributed by atoms with van der Waals surface area (Å²) in [7, 11) is 1.62. The highest BCUT2D eigenvalue weighted by Gasteiger charge is 2.55. The van der Waals surface area contributed by atoms with Gasteiger partial charge in [0.05, 0.1) is 90.2 Å². The molecule has 2 aromatic heterocycles. The fourth-order valence-corrected chi connectivity index (χ4v) is 7.02. The fourth-order valence-electron chi connectivity index (χ4n) is 7.02. The number of nitrogens with zero attached hydrogens (tertiary/aromatic N) is 6. The van der Waals surface area contributed by atoms with E-state index in [0.29, 0.717) is 132 Å². The molecule has 6 rings (SSSR count). The lowest BCUT2D eigenvalue weighted by Gasteiger charge is -2.33. The number of ether oxygens (including phenoxy) is 7. The minimum Gasteiger partial charge on any atom is -0.489 e. The summed E-state index contributed by atoms with van der Waals surface area (Å²) in [6, 6.07) is 7.54. The number of fused-ring (bicyclic) bond motifs is 2. The number of hydrogen-bond donors (Lipinski definition) is 0. The SMILES string of the molecule is COCCOc1cc(-n2cc(C3=[N+]4C(=C(C)c5c(C)cc(C)n5[B-]4(F)F)C(C)=C3)nn2)ccc1N1CCOCCOCCOCCOCCOCC1. The molecule has 0 spiro atoms. The van der Waals surface area contributed by atoms with Crippen molar-refractivity contribution >= 4 is 23.9 Å². The van der Waals surface area contributed by atoms with Gasteiger partial charge in [0, 0.05) is 49.2 Å². The monoisotopic (exact) mass is 726 g/mol. The van der Waals surface area contributed by atoms with Crippen LogP contribution in [0.25, 0.3) is 11.3 Å². The molecule has 0 saturated carbocycles. The van der Waals surface area contributed by atoms with Crippen molar-refractivity contribution in [3.05, 3.63) is 70.5 Å². The molecule has 0 atom stereocenters. The van der Waals surface area contributed by atoms with E-state index in [1.807, 2.05) is 45.0 Å². The number of anilines is 1. The maximum Gasteiger partial charge on any atom is 0.737 e. The van der Waals surface area contributed by atoms with Crippen LogP contribution in [-0.2, 0) is 28.4 Å². The van der Waals surface area contributed by atoms with Gasteiger partial charge in [-0.3, -0.25) is 0 Å². The molecule has 16 heteroatoms. The third kappa shape index (κ3) is 8.17. The number of halogens is 2. The first-order chi connectivity index (χ1) is 25.2. The minimum atomic E-state index is -4.18. The molecular weight excluding hydrogens is 677 g/mol. The summed E-state index contributed by atoms with van der Waals surface area (Å²) in [4.78, 5) is 2.15. The Bertz CT molecular complexity index is 1790. The van der Waals surface area contributed by atoms with Gasteiger partial charge in [-0.2, -0.15) is 0 Å². The molecule has 5 heterocycles. The van der Waals surface area contributed by atoms with Crippen molar-refractivity contribution in [3.63, 3.8) is 0 Å². The predicted molar refractivity (Wildman–Crippen MR) is 193 cm³/mol. The lowest BCUT2D eigenvalue weighted by Crippen LogP contribution is -2.51. The Balaban J connectivity index is 1.27. The van der Waals surface area contributed by atoms with E-state index in [1.165, 1.54) is 4.48 Å². The first-order valence-electron chi connectivity index (χ1n) is 17.8. The summed E-state index contributed by atoms with van der Waals surface area (Å²) < 4.78 is 76.8. The van der Waals surface area contributed by atoms with Crippen LogP contribution in [0.2, 0.25) is 0 Å². The Labute approximate surface area is 303 Å². The molecule has 0 aliphatic carbocycles. The van der Waals surface area contributed by atoms with Crippen LogP contribution in [0.15, 0.2) is 47.8 Å². The maximum absolute atomic E-state index is 16.5. The van der Waals surface area contributed by atoms with Gasteiger partial charge in [-0.25, -0.2) is 4.68 Å². The van der Waals surface area contributed by atoms with Gasteiger partial charge < -0.3 is 55.7 Å². The zero-order valence-electron chi connectivity index (χ0n) is 30.7. The molecule has 0 N–H and O–H groups in total. The molecular formula is C36H49BF2N6O7. The summed E-state index contributed by atoms with van der Waals surface area (Å²) in [5.41, 5.74) is 6.12. The van der Waals surface area contributed by atoms with E-state index in [2.05, 4.69) is 15.2 Å². The summed E-state index contributed by atoms with van der Waals surface area (Å²) in [6.07, 6.45) is 3.45. The van der Waals surface area contributed by atoms with Gasteiger partial charge in [0.1, 0.15) is 12.4 Å². The van der Waals surface area contributed by atoms with Crippen LogP contribution >= 0.6 is 0 Å². The largest absolute Gasteiger partial charge is 0.737 e. The van der Waals surface area contributed by atoms with Gasteiger partial charge in [-0.1, -0.05) is 5.21 Å². The highest BCUT2D eigenvalue weighted by Crippen LogP contribution is 2.41. The second-order valence-electron chi connectivity index (χ2n) is 12.9.